The second kappa shape index (κ2) is 7.09. The van der Waals surface area contributed by atoms with Gasteiger partial charge >= 0.3 is 5.76 Å². The molecule has 0 atom stereocenters. The molecule has 0 fully saturated rings. The maximum Gasteiger partial charge on any atom is 0.341 e. The third-order valence-electron chi connectivity index (χ3n) is 3.64. The number of benzene rings is 2. The van der Waals surface area contributed by atoms with Crippen LogP contribution in [-0.2, 0) is 21.1 Å². The summed E-state index contributed by atoms with van der Waals surface area (Å²) < 4.78 is 47.6. The zero-order valence-corrected chi connectivity index (χ0v) is 14.0. The Morgan fingerprint density at radius 1 is 1.04 bits per heavy atom. The van der Waals surface area contributed by atoms with E-state index in [-0.39, 0.29) is 12.3 Å². The third-order valence-corrected chi connectivity index (χ3v) is 5.04. The first-order chi connectivity index (χ1) is 11.2. The molecule has 0 unspecified atom stereocenters. The second-order valence-electron chi connectivity index (χ2n) is 5.47. The zero-order chi connectivity index (χ0) is 17.9. The summed E-state index contributed by atoms with van der Waals surface area (Å²) in [7, 11) is -4.63. The summed E-state index contributed by atoms with van der Waals surface area (Å²) in [5.41, 5.74) is 3.42. The Morgan fingerprint density at radius 3 is 2.21 bits per heavy atom. The summed E-state index contributed by atoms with van der Waals surface area (Å²) >= 11 is 0. The molecule has 0 saturated heterocycles. The van der Waals surface area contributed by atoms with Crippen molar-refractivity contribution in [1.29, 1.82) is 0 Å². The fourth-order valence-electron chi connectivity index (χ4n) is 2.13. The molecule has 2 rings (SSSR count). The zero-order valence-electron chi connectivity index (χ0n) is 13.2. The minimum atomic E-state index is -4.63. The average Bonchev–Trinajstić information content (AvgIpc) is 2.51. The number of alkyl halides is 2. The van der Waals surface area contributed by atoms with Gasteiger partial charge in [-0.05, 0) is 54.8 Å². The molecule has 1 amide bonds. The molecule has 24 heavy (non-hydrogen) atoms. The Balaban J connectivity index is 2.05. The first-order valence-corrected chi connectivity index (χ1v) is 8.73. The van der Waals surface area contributed by atoms with E-state index in [4.69, 9.17) is 0 Å². The van der Waals surface area contributed by atoms with E-state index in [1.165, 1.54) is 12.1 Å². The molecule has 0 radical (unpaired) electrons. The number of halogens is 2. The quantitative estimate of drug-likeness (QED) is 0.895. The molecule has 0 aliphatic carbocycles. The number of anilines is 1. The lowest BCUT2D eigenvalue weighted by Gasteiger charge is -2.08. The smallest absolute Gasteiger partial charge is 0.326 e. The van der Waals surface area contributed by atoms with Crippen LogP contribution in [-0.4, -0.2) is 20.1 Å². The number of hydrogen-bond acceptors (Lipinski definition) is 3. The van der Waals surface area contributed by atoms with Gasteiger partial charge in [-0.2, -0.15) is 8.78 Å². The summed E-state index contributed by atoms with van der Waals surface area (Å²) in [4.78, 5) is 11.5. The van der Waals surface area contributed by atoms with E-state index in [1.54, 1.807) is 0 Å². The van der Waals surface area contributed by atoms with E-state index in [0.29, 0.717) is 5.69 Å². The van der Waals surface area contributed by atoms with Gasteiger partial charge in [0.25, 0.3) is 0 Å². The molecular weight excluding hydrogens is 336 g/mol. The van der Waals surface area contributed by atoms with E-state index in [2.05, 4.69) is 5.32 Å². The molecular formula is C17H17F2NO3S. The highest BCUT2D eigenvalue weighted by molar-refractivity contribution is 7.91. The van der Waals surface area contributed by atoms with E-state index in [9.17, 15) is 22.0 Å². The Morgan fingerprint density at radius 2 is 1.67 bits per heavy atom. The number of hydrogen-bond donors (Lipinski definition) is 1. The number of amides is 1. The van der Waals surface area contributed by atoms with E-state index < -0.39 is 20.5 Å². The monoisotopic (exact) mass is 353 g/mol. The molecule has 2 aromatic carbocycles. The largest absolute Gasteiger partial charge is 0.341 e. The molecule has 0 spiro atoms. The normalized spacial score (nSPS) is 11.5. The summed E-state index contributed by atoms with van der Waals surface area (Å²) in [6.07, 6.45) is 0.165. The van der Waals surface area contributed by atoms with E-state index >= 15 is 0 Å². The van der Waals surface area contributed by atoms with Gasteiger partial charge in [0.1, 0.15) is 0 Å². The Bertz CT molecular complexity index is 847. The SMILES string of the molecule is Cc1ccc(CC(=O)Nc2ccc(S(=O)(=O)C(F)F)cc2)cc1C. The van der Waals surface area contributed by atoms with Crippen LogP contribution in [0.5, 0.6) is 0 Å². The number of sulfone groups is 1. The van der Waals surface area contributed by atoms with Gasteiger partial charge in [-0.25, -0.2) is 8.42 Å². The molecule has 4 nitrogen and oxygen atoms in total. The van der Waals surface area contributed by atoms with Gasteiger partial charge in [0.15, 0.2) is 0 Å². The van der Waals surface area contributed by atoms with Crippen LogP contribution >= 0.6 is 0 Å². The van der Waals surface area contributed by atoms with Crippen molar-refractivity contribution in [2.75, 3.05) is 5.32 Å². The van der Waals surface area contributed by atoms with Crippen LogP contribution in [0.4, 0.5) is 14.5 Å². The molecule has 1 N–H and O–H groups in total. The van der Waals surface area contributed by atoms with Gasteiger partial charge in [-0.3, -0.25) is 4.79 Å². The topological polar surface area (TPSA) is 63.2 Å². The van der Waals surface area contributed by atoms with Crippen LogP contribution in [0.25, 0.3) is 0 Å². The highest BCUT2D eigenvalue weighted by Gasteiger charge is 2.26. The lowest BCUT2D eigenvalue weighted by Crippen LogP contribution is -2.15. The van der Waals surface area contributed by atoms with Gasteiger partial charge in [-0.15, -0.1) is 0 Å². The predicted octanol–water partition coefficient (Wildman–Crippen LogP) is 3.48. The van der Waals surface area contributed by atoms with Crippen molar-refractivity contribution in [3.05, 3.63) is 59.2 Å². The Kier molecular flexibility index (Phi) is 5.33. The van der Waals surface area contributed by atoms with Crippen molar-refractivity contribution < 1.29 is 22.0 Å². The number of carbonyl (C=O) groups excluding carboxylic acids is 1. The molecule has 0 saturated carbocycles. The molecule has 7 heteroatoms. The molecule has 2 aromatic rings. The minimum absolute atomic E-state index is 0.165. The van der Waals surface area contributed by atoms with E-state index in [1.807, 2.05) is 32.0 Å². The molecule has 0 aromatic heterocycles. The van der Waals surface area contributed by atoms with Crippen LogP contribution in [0.3, 0.4) is 0 Å². The van der Waals surface area contributed by atoms with Gasteiger partial charge < -0.3 is 5.32 Å². The van der Waals surface area contributed by atoms with Gasteiger partial charge in [0.05, 0.1) is 11.3 Å². The standard InChI is InChI=1S/C17H17F2NO3S/c1-11-3-4-13(9-12(11)2)10-16(21)20-14-5-7-15(8-6-14)24(22,23)17(18)19/h3-9,17H,10H2,1-2H3,(H,20,21). The van der Waals surface area contributed by atoms with Crippen LogP contribution in [0.1, 0.15) is 16.7 Å². The van der Waals surface area contributed by atoms with Crippen LogP contribution in [0, 0.1) is 13.8 Å². The molecule has 128 valence electrons. The van der Waals surface area contributed by atoms with Crippen molar-refractivity contribution in [3.8, 4) is 0 Å². The first-order valence-electron chi connectivity index (χ1n) is 7.18. The fourth-order valence-corrected chi connectivity index (χ4v) is 2.86. The van der Waals surface area contributed by atoms with Crippen LogP contribution in [0.15, 0.2) is 47.4 Å². The summed E-state index contributed by atoms with van der Waals surface area (Å²) in [5.74, 6) is -3.74. The first kappa shape index (κ1) is 18.1. The van der Waals surface area contributed by atoms with Crippen molar-refractivity contribution in [3.63, 3.8) is 0 Å². The lowest BCUT2D eigenvalue weighted by atomic mass is 10.0. The molecule has 0 aliphatic heterocycles. The number of carbonyl (C=O) groups is 1. The molecule has 0 heterocycles. The second-order valence-corrected chi connectivity index (χ2v) is 7.39. The highest BCUT2D eigenvalue weighted by Crippen LogP contribution is 2.20. The average molecular weight is 353 g/mol. The highest BCUT2D eigenvalue weighted by atomic mass is 32.2. The van der Waals surface area contributed by atoms with Crippen LogP contribution < -0.4 is 5.32 Å². The van der Waals surface area contributed by atoms with Gasteiger partial charge in [0, 0.05) is 5.69 Å². The molecule has 0 bridgehead atoms. The predicted molar refractivity (Wildman–Crippen MR) is 87.9 cm³/mol. The van der Waals surface area contributed by atoms with Crippen molar-refractivity contribution in [2.24, 2.45) is 0 Å². The fraction of sp³-hybridized carbons (Fsp3) is 0.235. The number of rotatable bonds is 5. The summed E-state index contributed by atoms with van der Waals surface area (Å²) in [6.45, 7) is 3.94. The lowest BCUT2D eigenvalue weighted by molar-refractivity contribution is -0.115. The Labute approximate surface area is 139 Å². The third kappa shape index (κ3) is 4.17. The maximum atomic E-state index is 12.5. The number of aryl methyl sites for hydroxylation is 2. The molecule has 0 aliphatic rings. The maximum absolute atomic E-state index is 12.5. The number of nitrogens with one attached hydrogen (secondary N) is 1. The van der Waals surface area contributed by atoms with Crippen molar-refractivity contribution >= 4 is 21.4 Å². The summed E-state index contributed by atoms with van der Waals surface area (Å²) in [6, 6.07) is 10.4. The summed E-state index contributed by atoms with van der Waals surface area (Å²) in [5, 5.41) is 2.61. The van der Waals surface area contributed by atoms with Crippen molar-refractivity contribution in [1.82, 2.24) is 0 Å². The van der Waals surface area contributed by atoms with Gasteiger partial charge in [0.2, 0.25) is 15.7 Å². The van der Waals surface area contributed by atoms with Gasteiger partial charge in [-0.1, -0.05) is 18.2 Å². The van der Waals surface area contributed by atoms with Crippen LogP contribution in [0.2, 0.25) is 0 Å². The Hall–Kier alpha value is -2.28. The minimum Gasteiger partial charge on any atom is -0.326 e. The van der Waals surface area contributed by atoms with Crippen molar-refractivity contribution in [2.45, 2.75) is 30.9 Å². The van der Waals surface area contributed by atoms with E-state index in [0.717, 1.165) is 28.8 Å².